The Hall–Kier alpha value is -3.72. The standard InChI is InChI=1S/C32H36FN3O5/c1-18-5-4-6-24(19(18)2)35-30(38)28-32-16-15-25(41-32)26(29(37)34-22-11-13-23(40-3)14-12-22)27(32)31(39)36(28)17-20-7-9-21(33)10-8-20/h7-16,18-19,24-28H,4-6,17H2,1-3H3,(H,34,37)(H,35,38)/t18-,19-,24+,25-,26+,27-,28-,32-/m0/s1. The van der Waals surface area contributed by atoms with Crippen LogP contribution >= 0.6 is 0 Å². The van der Waals surface area contributed by atoms with Crippen molar-refractivity contribution < 1.29 is 28.2 Å². The minimum absolute atomic E-state index is 0.0128. The van der Waals surface area contributed by atoms with Gasteiger partial charge >= 0.3 is 0 Å². The van der Waals surface area contributed by atoms with E-state index in [9.17, 15) is 18.8 Å². The number of carbonyl (C=O) groups is 3. The summed E-state index contributed by atoms with van der Waals surface area (Å²) in [6, 6.07) is 11.9. The van der Waals surface area contributed by atoms with Crippen molar-refractivity contribution in [3.05, 3.63) is 72.1 Å². The summed E-state index contributed by atoms with van der Waals surface area (Å²) in [5, 5.41) is 6.17. The average molecular weight is 562 g/mol. The van der Waals surface area contributed by atoms with E-state index in [1.165, 1.54) is 17.0 Å². The fraction of sp³-hybridized carbons (Fsp3) is 0.469. The number of carbonyl (C=O) groups excluding carboxylic acids is 3. The van der Waals surface area contributed by atoms with Crippen LogP contribution in [0.1, 0.15) is 38.7 Å². The van der Waals surface area contributed by atoms with Crippen molar-refractivity contribution in [3.63, 3.8) is 0 Å². The molecule has 2 aromatic rings. The molecule has 0 radical (unpaired) electrons. The average Bonchev–Trinajstić information content (AvgIpc) is 3.60. The zero-order chi connectivity index (χ0) is 28.9. The zero-order valence-electron chi connectivity index (χ0n) is 23.5. The smallest absolute Gasteiger partial charge is 0.246 e. The van der Waals surface area contributed by atoms with E-state index in [0.29, 0.717) is 28.8 Å². The molecule has 2 aromatic carbocycles. The van der Waals surface area contributed by atoms with Crippen LogP contribution in [0.5, 0.6) is 5.75 Å². The number of benzene rings is 2. The first kappa shape index (κ1) is 27.4. The maximum atomic E-state index is 14.2. The van der Waals surface area contributed by atoms with E-state index in [1.807, 2.05) is 0 Å². The maximum absolute atomic E-state index is 14.2. The molecule has 4 aliphatic rings. The van der Waals surface area contributed by atoms with Crippen LogP contribution in [0.4, 0.5) is 10.1 Å². The number of rotatable bonds is 7. The van der Waals surface area contributed by atoms with Crippen molar-refractivity contribution in [3.8, 4) is 5.75 Å². The largest absolute Gasteiger partial charge is 0.497 e. The van der Waals surface area contributed by atoms with E-state index in [0.717, 1.165) is 19.3 Å². The second-order valence-electron chi connectivity index (χ2n) is 11.9. The summed E-state index contributed by atoms with van der Waals surface area (Å²) in [4.78, 5) is 43.5. The normalized spacial score (nSPS) is 33.5. The maximum Gasteiger partial charge on any atom is 0.246 e. The van der Waals surface area contributed by atoms with Crippen LogP contribution < -0.4 is 15.4 Å². The molecule has 8 nitrogen and oxygen atoms in total. The highest BCUT2D eigenvalue weighted by atomic mass is 19.1. The number of hydrogen-bond acceptors (Lipinski definition) is 5. The Morgan fingerprint density at radius 2 is 1.80 bits per heavy atom. The molecule has 3 aliphatic heterocycles. The van der Waals surface area contributed by atoms with E-state index in [1.54, 1.807) is 55.7 Å². The number of amides is 3. The third-order valence-electron chi connectivity index (χ3n) is 9.58. The molecule has 0 unspecified atom stereocenters. The van der Waals surface area contributed by atoms with Gasteiger partial charge in [-0.2, -0.15) is 0 Å². The molecule has 3 amide bonds. The summed E-state index contributed by atoms with van der Waals surface area (Å²) in [6.07, 6.45) is 6.00. The van der Waals surface area contributed by atoms with Crippen LogP contribution in [0.15, 0.2) is 60.7 Å². The third-order valence-corrected chi connectivity index (χ3v) is 9.58. The van der Waals surface area contributed by atoms with E-state index < -0.39 is 29.6 Å². The topological polar surface area (TPSA) is 97.0 Å². The van der Waals surface area contributed by atoms with Gasteiger partial charge < -0.3 is 25.0 Å². The van der Waals surface area contributed by atoms with Crippen LogP contribution in [-0.2, 0) is 25.7 Å². The van der Waals surface area contributed by atoms with E-state index in [-0.39, 0.29) is 36.1 Å². The van der Waals surface area contributed by atoms with Gasteiger partial charge in [-0.3, -0.25) is 14.4 Å². The predicted octanol–water partition coefficient (Wildman–Crippen LogP) is 4.06. The van der Waals surface area contributed by atoms with Crippen molar-refractivity contribution in [2.75, 3.05) is 12.4 Å². The SMILES string of the molecule is COc1ccc(NC(=O)[C@@H]2[C@@H]3C=C[C@]4(O3)[C@@H]2C(=O)N(Cc2ccc(F)cc2)[C@H]4C(=O)N[C@@H]2CCC[C@H](C)[C@@H]2C)cc1. The lowest BCUT2D eigenvalue weighted by atomic mass is 9.73. The van der Waals surface area contributed by atoms with E-state index in [2.05, 4.69) is 24.5 Å². The quantitative estimate of drug-likeness (QED) is 0.497. The van der Waals surface area contributed by atoms with Gasteiger partial charge in [0.25, 0.3) is 0 Å². The molecule has 2 bridgehead atoms. The highest BCUT2D eigenvalue weighted by Crippen LogP contribution is 2.55. The van der Waals surface area contributed by atoms with Gasteiger partial charge in [-0.25, -0.2) is 4.39 Å². The Bertz CT molecular complexity index is 1360. The highest BCUT2D eigenvalue weighted by molar-refractivity contribution is 6.02. The van der Waals surface area contributed by atoms with E-state index in [4.69, 9.17) is 9.47 Å². The number of hydrogen-bond donors (Lipinski definition) is 2. The lowest BCUT2D eigenvalue weighted by molar-refractivity contribution is -0.142. The molecule has 6 rings (SSSR count). The number of ether oxygens (including phenoxy) is 2. The van der Waals surface area contributed by atoms with Crippen LogP contribution in [-0.4, -0.2) is 53.5 Å². The Labute approximate surface area is 239 Å². The molecule has 3 fully saturated rings. The second kappa shape index (κ2) is 10.6. The predicted molar refractivity (Wildman–Crippen MR) is 150 cm³/mol. The number of halogens is 1. The molecule has 2 N–H and O–H groups in total. The van der Waals surface area contributed by atoms with Gasteiger partial charge in [-0.1, -0.05) is 51.0 Å². The van der Waals surface area contributed by atoms with Gasteiger partial charge in [0.15, 0.2) is 0 Å². The summed E-state index contributed by atoms with van der Waals surface area (Å²) in [5.41, 5.74) is -0.0108. The molecule has 3 heterocycles. The minimum atomic E-state index is -1.27. The number of likely N-dealkylation sites (tertiary alicyclic amines) is 1. The molecule has 1 aliphatic carbocycles. The summed E-state index contributed by atoms with van der Waals surface area (Å²) in [6.45, 7) is 4.46. The second-order valence-corrected chi connectivity index (χ2v) is 11.9. The van der Waals surface area contributed by atoms with Gasteiger partial charge in [-0.05, 0) is 60.2 Å². The summed E-state index contributed by atoms with van der Waals surface area (Å²) >= 11 is 0. The summed E-state index contributed by atoms with van der Waals surface area (Å²) < 4.78 is 25.3. The monoisotopic (exact) mass is 561 g/mol. The Morgan fingerprint density at radius 3 is 2.51 bits per heavy atom. The lowest BCUT2D eigenvalue weighted by Crippen LogP contribution is -2.57. The number of fused-ring (bicyclic) bond motifs is 1. The molecule has 9 heteroatoms. The number of anilines is 1. The van der Waals surface area contributed by atoms with Crippen molar-refractivity contribution in [1.29, 1.82) is 0 Å². The van der Waals surface area contributed by atoms with Gasteiger partial charge in [-0.15, -0.1) is 0 Å². The summed E-state index contributed by atoms with van der Waals surface area (Å²) in [5.74, 6) is -1.57. The minimum Gasteiger partial charge on any atom is -0.497 e. The van der Waals surface area contributed by atoms with Crippen LogP contribution in [0.2, 0.25) is 0 Å². The molecule has 1 saturated carbocycles. The van der Waals surface area contributed by atoms with Crippen LogP contribution in [0.25, 0.3) is 0 Å². The molecule has 8 atom stereocenters. The fourth-order valence-electron chi connectivity index (χ4n) is 7.17. The van der Waals surface area contributed by atoms with Crippen molar-refractivity contribution in [1.82, 2.24) is 10.2 Å². The Morgan fingerprint density at radius 1 is 1.07 bits per heavy atom. The van der Waals surface area contributed by atoms with E-state index >= 15 is 0 Å². The lowest BCUT2D eigenvalue weighted by Gasteiger charge is -2.38. The number of nitrogens with zero attached hydrogens (tertiary/aromatic N) is 1. The van der Waals surface area contributed by atoms with Gasteiger partial charge in [0.1, 0.15) is 23.2 Å². The molecule has 1 spiro atoms. The first-order valence-electron chi connectivity index (χ1n) is 14.4. The van der Waals surface area contributed by atoms with Gasteiger partial charge in [0, 0.05) is 18.3 Å². The third kappa shape index (κ3) is 4.70. The molecule has 41 heavy (non-hydrogen) atoms. The summed E-state index contributed by atoms with van der Waals surface area (Å²) in [7, 11) is 1.57. The molecular formula is C32H36FN3O5. The fourth-order valence-corrected chi connectivity index (χ4v) is 7.17. The van der Waals surface area contributed by atoms with Gasteiger partial charge in [0.05, 0.1) is 25.0 Å². The Kier molecular flexibility index (Phi) is 7.09. The first-order valence-corrected chi connectivity index (χ1v) is 14.4. The van der Waals surface area contributed by atoms with Gasteiger partial charge in [0.2, 0.25) is 17.7 Å². The molecule has 216 valence electrons. The van der Waals surface area contributed by atoms with Crippen molar-refractivity contribution >= 4 is 23.4 Å². The number of methoxy groups -OCH3 is 1. The number of nitrogens with one attached hydrogen (secondary N) is 2. The van der Waals surface area contributed by atoms with Crippen molar-refractivity contribution in [2.24, 2.45) is 23.7 Å². The zero-order valence-corrected chi connectivity index (χ0v) is 23.5. The first-order chi connectivity index (χ1) is 19.7. The molecule has 0 aromatic heterocycles. The van der Waals surface area contributed by atoms with Crippen LogP contribution in [0, 0.1) is 29.5 Å². The van der Waals surface area contributed by atoms with Crippen LogP contribution in [0.3, 0.4) is 0 Å². The van der Waals surface area contributed by atoms with Crippen molar-refractivity contribution in [2.45, 2.75) is 63.4 Å². The molecule has 2 saturated heterocycles. The highest BCUT2D eigenvalue weighted by Gasteiger charge is 2.72. The Balaban J connectivity index is 1.31. The molecular weight excluding hydrogens is 525 g/mol.